The highest BCUT2D eigenvalue weighted by Crippen LogP contribution is 2.28. The van der Waals surface area contributed by atoms with E-state index >= 15 is 0 Å². The fourth-order valence-corrected chi connectivity index (χ4v) is 3.45. The molecule has 1 heterocycles. The molecule has 1 unspecified atom stereocenters. The summed E-state index contributed by atoms with van der Waals surface area (Å²) in [4.78, 5) is 23.3. The van der Waals surface area contributed by atoms with Crippen molar-refractivity contribution >= 4 is 11.9 Å². The van der Waals surface area contributed by atoms with Crippen molar-refractivity contribution in [3.8, 4) is 0 Å². The van der Waals surface area contributed by atoms with Crippen molar-refractivity contribution in [1.82, 2.24) is 15.1 Å². The van der Waals surface area contributed by atoms with Gasteiger partial charge in [-0.3, -0.25) is 14.3 Å². The van der Waals surface area contributed by atoms with Gasteiger partial charge in [0.2, 0.25) is 0 Å². The van der Waals surface area contributed by atoms with Crippen LogP contribution in [-0.4, -0.2) is 32.8 Å². The lowest BCUT2D eigenvalue weighted by molar-refractivity contribution is -0.137. The Morgan fingerprint density at radius 3 is 2.65 bits per heavy atom. The molecule has 0 aromatic carbocycles. The van der Waals surface area contributed by atoms with Crippen LogP contribution >= 0.6 is 0 Å². The molecule has 6 nitrogen and oxygen atoms in total. The molecular weight excluding hydrogens is 294 g/mol. The maximum Gasteiger partial charge on any atom is 0.303 e. The van der Waals surface area contributed by atoms with Crippen molar-refractivity contribution in [2.75, 3.05) is 0 Å². The van der Waals surface area contributed by atoms with E-state index in [0.717, 1.165) is 12.1 Å². The molecule has 1 amide bonds. The van der Waals surface area contributed by atoms with Crippen molar-refractivity contribution in [3.63, 3.8) is 0 Å². The molecule has 6 heteroatoms. The Balaban J connectivity index is 1.98. The molecule has 23 heavy (non-hydrogen) atoms. The summed E-state index contributed by atoms with van der Waals surface area (Å²) in [6.07, 6.45) is 7.58. The Labute approximate surface area is 137 Å². The summed E-state index contributed by atoms with van der Waals surface area (Å²) >= 11 is 0. The summed E-state index contributed by atoms with van der Waals surface area (Å²) in [5, 5.41) is 16.2. The zero-order valence-corrected chi connectivity index (χ0v) is 14.0. The SMILES string of the molecule is Cc1cc(C(=O)NC(CCC(=O)O)CC2CCCCC2)n(C)n1. The first-order valence-electron chi connectivity index (χ1n) is 8.49. The first kappa shape index (κ1) is 17.5. The molecule has 0 bridgehead atoms. The summed E-state index contributed by atoms with van der Waals surface area (Å²) in [7, 11) is 1.75. The van der Waals surface area contributed by atoms with Crippen LogP contribution in [-0.2, 0) is 11.8 Å². The highest BCUT2D eigenvalue weighted by atomic mass is 16.4. The van der Waals surface area contributed by atoms with Crippen molar-refractivity contribution in [2.24, 2.45) is 13.0 Å². The lowest BCUT2D eigenvalue weighted by Crippen LogP contribution is -2.38. The minimum absolute atomic E-state index is 0.0854. The molecule has 128 valence electrons. The molecule has 1 fully saturated rings. The number of hydrogen-bond acceptors (Lipinski definition) is 3. The lowest BCUT2D eigenvalue weighted by Gasteiger charge is -2.27. The van der Waals surface area contributed by atoms with Crippen molar-refractivity contribution in [1.29, 1.82) is 0 Å². The number of carbonyl (C=O) groups excluding carboxylic acids is 1. The second-order valence-corrected chi connectivity index (χ2v) is 6.64. The fourth-order valence-electron chi connectivity index (χ4n) is 3.45. The van der Waals surface area contributed by atoms with E-state index < -0.39 is 5.97 Å². The molecule has 2 rings (SSSR count). The number of aromatic nitrogens is 2. The number of carboxylic acid groups (broad SMARTS) is 1. The van der Waals surface area contributed by atoms with Crippen LogP contribution in [0.2, 0.25) is 0 Å². The van der Waals surface area contributed by atoms with Gasteiger partial charge in [-0.1, -0.05) is 32.1 Å². The van der Waals surface area contributed by atoms with Gasteiger partial charge in [-0.15, -0.1) is 0 Å². The van der Waals surface area contributed by atoms with Gasteiger partial charge >= 0.3 is 5.97 Å². The number of carboxylic acids is 1. The highest BCUT2D eigenvalue weighted by molar-refractivity contribution is 5.92. The normalized spacial score (nSPS) is 17.0. The van der Waals surface area contributed by atoms with Crippen LogP contribution in [0, 0.1) is 12.8 Å². The first-order chi connectivity index (χ1) is 11.0. The monoisotopic (exact) mass is 321 g/mol. The number of rotatable bonds is 7. The molecule has 1 saturated carbocycles. The zero-order chi connectivity index (χ0) is 16.8. The predicted octanol–water partition coefficient (Wildman–Crippen LogP) is 2.66. The standard InChI is InChI=1S/C17H27N3O3/c1-12-10-15(20(2)19-12)17(23)18-14(8-9-16(21)22)11-13-6-4-3-5-7-13/h10,13-14H,3-9,11H2,1-2H3,(H,18,23)(H,21,22). The Morgan fingerprint density at radius 2 is 2.09 bits per heavy atom. The van der Waals surface area contributed by atoms with Gasteiger partial charge < -0.3 is 10.4 Å². The van der Waals surface area contributed by atoms with Crippen molar-refractivity contribution in [3.05, 3.63) is 17.5 Å². The summed E-state index contributed by atoms with van der Waals surface area (Å²) in [5.74, 6) is -0.389. The van der Waals surface area contributed by atoms with Crippen molar-refractivity contribution < 1.29 is 14.7 Å². The number of hydrogen-bond donors (Lipinski definition) is 2. The van der Waals surface area contributed by atoms with Gasteiger partial charge in [0, 0.05) is 19.5 Å². The van der Waals surface area contributed by atoms with E-state index in [0.29, 0.717) is 18.0 Å². The van der Waals surface area contributed by atoms with Crippen LogP contribution in [0.5, 0.6) is 0 Å². The third-order valence-corrected chi connectivity index (χ3v) is 4.62. The summed E-state index contributed by atoms with van der Waals surface area (Å²) in [6, 6.07) is 1.67. The van der Waals surface area contributed by atoms with E-state index in [9.17, 15) is 9.59 Å². The Morgan fingerprint density at radius 1 is 1.39 bits per heavy atom. The molecule has 1 aliphatic carbocycles. The number of aryl methyl sites for hydroxylation is 2. The second kappa shape index (κ2) is 8.13. The van der Waals surface area contributed by atoms with Crippen LogP contribution in [0.15, 0.2) is 6.07 Å². The number of nitrogens with one attached hydrogen (secondary N) is 1. The molecule has 1 aromatic rings. The number of aliphatic carboxylic acids is 1. The summed E-state index contributed by atoms with van der Waals surface area (Å²) in [6.45, 7) is 1.85. The van der Waals surface area contributed by atoms with Gasteiger partial charge in [0.15, 0.2) is 0 Å². The predicted molar refractivity (Wildman–Crippen MR) is 87.3 cm³/mol. The average molecular weight is 321 g/mol. The van der Waals surface area contributed by atoms with Gasteiger partial charge in [0.1, 0.15) is 5.69 Å². The molecule has 1 aromatic heterocycles. The molecule has 1 atom stereocenters. The first-order valence-corrected chi connectivity index (χ1v) is 8.49. The lowest BCUT2D eigenvalue weighted by atomic mass is 9.84. The summed E-state index contributed by atoms with van der Waals surface area (Å²) < 4.78 is 1.57. The van der Waals surface area contributed by atoms with E-state index in [1.807, 2.05) is 6.92 Å². The quantitative estimate of drug-likeness (QED) is 0.808. The van der Waals surface area contributed by atoms with Crippen LogP contribution in [0.1, 0.15) is 67.5 Å². The minimum Gasteiger partial charge on any atom is -0.481 e. The molecule has 0 spiro atoms. The van der Waals surface area contributed by atoms with Crippen LogP contribution < -0.4 is 5.32 Å². The molecule has 0 aliphatic heterocycles. The van der Waals surface area contributed by atoms with Crippen LogP contribution in [0.25, 0.3) is 0 Å². The van der Waals surface area contributed by atoms with Crippen LogP contribution in [0.3, 0.4) is 0 Å². The Hall–Kier alpha value is -1.85. The number of carbonyl (C=O) groups is 2. The largest absolute Gasteiger partial charge is 0.481 e. The maximum atomic E-state index is 12.5. The zero-order valence-electron chi connectivity index (χ0n) is 14.0. The van der Waals surface area contributed by atoms with Gasteiger partial charge in [0.25, 0.3) is 5.91 Å². The maximum absolute atomic E-state index is 12.5. The van der Waals surface area contributed by atoms with E-state index in [4.69, 9.17) is 5.11 Å². The number of nitrogens with zero attached hydrogens (tertiary/aromatic N) is 2. The molecule has 0 saturated heterocycles. The molecule has 0 radical (unpaired) electrons. The van der Waals surface area contributed by atoms with Gasteiger partial charge in [-0.05, 0) is 31.7 Å². The smallest absolute Gasteiger partial charge is 0.303 e. The van der Waals surface area contributed by atoms with E-state index in [1.165, 1.54) is 32.1 Å². The second-order valence-electron chi connectivity index (χ2n) is 6.64. The molecule has 1 aliphatic rings. The number of amides is 1. The molecular formula is C17H27N3O3. The molecule has 2 N–H and O–H groups in total. The van der Waals surface area contributed by atoms with E-state index in [1.54, 1.807) is 17.8 Å². The topological polar surface area (TPSA) is 84.2 Å². The van der Waals surface area contributed by atoms with Gasteiger partial charge in [-0.2, -0.15) is 5.10 Å². The average Bonchev–Trinajstić information content (AvgIpc) is 2.84. The third-order valence-electron chi connectivity index (χ3n) is 4.62. The Bertz CT molecular complexity index is 547. The highest BCUT2D eigenvalue weighted by Gasteiger charge is 2.22. The van der Waals surface area contributed by atoms with Crippen molar-refractivity contribution in [2.45, 2.75) is 64.3 Å². The summed E-state index contributed by atoms with van der Waals surface area (Å²) in [5.41, 5.74) is 1.32. The Kier molecular flexibility index (Phi) is 6.19. The minimum atomic E-state index is -0.815. The fraction of sp³-hybridized carbons (Fsp3) is 0.706. The van der Waals surface area contributed by atoms with Crippen LogP contribution in [0.4, 0.5) is 0 Å². The van der Waals surface area contributed by atoms with E-state index in [2.05, 4.69) is 10.4 Å². The van der Waals surface area contributed by atoms with Gasteiger partial charge in [0.05, 0.1) is 5.69 Å². The van der Waals surface area contributed by atoms with Gasteiger partial charge in [-0.25, -0.2) is 0 Å². The van der Waals surface area contributed by atoms with E-state index in [-0.39, 0.29) is 18.4 Å². The third kappa shape index (κ3) is 5.37.